The third-order valence-electron chi connectivity index (χ3n) is 2.79. The smallest absolute Gasteiger partial charge is 0.178 e. The van der Waals surface area contributed by atoms with E-state index in [-0.39, 0.29) is 0 Å². The fraction of sp³-hybridized carbons (Fsp3) is 0.154. The SMILES string of the molecule is Cc1ccc(Cn2c(=S)[nH]c3ccccc32)o1. The van der Waals surface area contributed by atoms with Crippen molar-refractivity contribution in [3.8, 4) is 0 Å². The lowest BCUT2D eigenvalue weighted by atomic mass is 10.3. The van der Waals surface area contributed by atoms with Crippen LogP contribution in [0, 0.1) is 11.7 Å². The number of hydrogen-bond donors (Lipinski definition) is 1. The second-order valence-corrected chi connectivity index (χ2v) is 4.43. The first kappa shape index (κ1) is 10.4. The maximum atomic E-state index is 5.58. The van der Waals surface area contributed by atoms with Crippen LogP contribution in [-0.4, -0.2) is 9.55 Å². The van der Waals surface area contributed by atoms with Crippen LogP contribution in [0.3, 0.4) is 0 Å². The number of imidazole rings is 1. The van der Waals surface area contributed by atoms with Crippen LogP contribution in [0.2, 0.25) is 0 Å². The number of benzene rings is 1. The van der Waals surface area contributed by atoms with E-state index in [2.05, 4.69) is 11.1 Å². The van der Waals surface area contributed by atoms with Gasteiger partial charge in [-0.05, 0) is 43.4 Å². The van der Waals surface area contributed by atoms with Crippen LogP contribution in [-0.2, 0) is 6.54 Å². The van der Waals surface area contributed by atoms with E-state index in [1.165, 1.54) is 0 Å². The lowest BCUT2D eigenvalue weighted by molar-refractivity contribution is 0.471. The molecule has 2 heterocycles. The quantitative estimate of drug-likeness (QED) is 0.698. The molecule has 2 aromatic heterocycles. The number of fused-ring (bicyclic) bond motifs is 1. The summed E-state index contributed by atoms with van der Waals surface area (Å²) in [6.45, 7) is 2.61. The Morgan fingerprint density at radius 1 is 1.24 bits per heavy atom. The average Bonchev–Trinajstić information content (AvgIpc) is 2.85. The van der Waals surface area contributed by atoms with Crippen LogP contribution in [0.25, 0.3) is 11.0 Å². The fourth-order valence-electron chi connectivity index (χ4n) is 1.99. The Bertz CT molecular complexity index is 720. The number of nitrogens with zero attached hydrogens (tertiary/aromatic N) is 1. The molecule has 0 unspecified atom stereocenters. The number of rotatable bonds is 2. The summed E-state index contributed by atoms with van der Waals surface area (Å²) in [5.74, 6) is 1.84. The monoisotopic (exact) mass is 244 g/mol. The zero-order valence-electron chi connectivity index (χ0n) is 9.43. The van der Waals surface area contributed by atoms with Gasteiger partial charge in [0.15, 0.2) is 4.77 Å². The third-order valence-corrected chi connectivity index (χ3v) is 3.11. The van der Waals surface area contributed by atoms with Gasteiger partial charge in [0.25, 0.3) is 0 Å². The molecule has 0 bridgehead atoms. The Kier molecular flexibility index (Phi) is 2.37. The van der Waals surface area contributed by atoms with Crippen molar-refractivity contribution in [3.05, 3.63) is 52.7 Å². The number of aromatic nitrogens is 2. The van der Waals surface area contributed by atoms with Crippen LogP contribution in [0.1, 0.15) is 11.5 Å². The predicted octanol–water partition coefficient (Wildman–Crippen LogP) is 3.65. The van der Waals surface area contributed by atoms with Gasteiger partial charge >= 0.3 is 0 Å². The molecule has 0 amide bonds. The molecule has 86 valence electrons. The number of aromatic amines is 1. The Balaban J connectivity index is 2.11. The normalized spacial score (nSPS) is 11.1. The van der Waals surface area contributed by atoms with Crippen molar-refractivity contribution in [2.24, 2.45) is 0 Å². The molecule has 0 atom stereocenters. The molecular formula is C13H12N2OS. The van der Waals surface area contributed by atoms with Gasteiger partial charge < -0.3 is 14.0 Å². The second kappa shape index (κ2) is 3.89. The molecule has 0 fully saturated rings. The Labute approximate surface area is 104 Å². The highest BCUT2D eigenvalue weighted by molar-refractivity contribution is 7.71. The molecule has 0 aliphatic rings. The van der Waals surface area contributed by atoms with Crippen molar-refractivity contribution >= 4 is 23.3 Å². The summed E-state index contributed by atoms with van der Waals surface area (Å²) in [5, 5.41) is 0. The summed E-state index contributed by atoms with van der Waals surface area (Å²) in [5.41, 5.74) is 2.16. The van der Waals surface area contributed by atoms with Gasteiger partial charge in [-0.2, -0.15) is 0 Å². The molecule has 3 aromatic rings. The van der Waals surface area contributed by atoms with Gasteiger partial charge in [-0.25, -0.2) is 0 Å². The lowest BCUT2D eigenvalue weighted by Gasteiger charge is -2.01. The minimum Gasteiger partial charge on any atom is -0.464 e. The maximum Gasteiger partial charge on any atom is 0.178 e. The van der Waals surface area contributed by atoms with Crippen LogP contribution >= 0.6 is 12.2 Å². The van der Waals surface area contributed by atoms with Gasteiger partial charge in [-0.1, -0.05) is 12.1 Å². The zero-order chi connectivity index (χ0) is 11.8. The number of nitrogens with one attached hydrogen (secondary N) is 1. The Morgan fingerprint density at radius 3 is 2.82 bits per heavy atom. The van der Waals surface area contributed by atoms with E-state index in [0.717, 1.165) is 27.3 Å². The van der Waals surface area contributed by atoms with Crippen LogP contribution in [0.5, 0.6) is 0 Å². The Morgan fingerprint density at radius 2 is 2.06 bits per heavy atom. The first-order valence-electron chi connectivity index (χ1n) is 5.47. The molecule has 1 aromatic carbocycles. The predicted molar refractivity (Wildman–Crippen MR) is 69.7 cm³/mol. The number of aryl methyl sites for hydroxylation is 1. The van der Waals surface area contributed by atoms with E-state index >= 15 is 0 Å². The summed E-state index contributed by atoms with van der Waals surface area (Å²) in [6, 6.07) is 12.0. The molecule has 0 spiro atoms. The molecule has 0 saturated carbocycles. The van der Waals surface area contributed by atoms with Crippen molar-refractivity contribution in [1.29, 1.82) is 0 Å². The van der Waals surface area contributed by atoms with E-state index in [9.17, 15) is 0 Å². The van der Waals surface area contributed by atoms with Crippen LogP contribution in [0.4, 0.5) is 0 Å². The third kappa shape index (κ3) is 1.80. The molecular weight excluding hydrogens is 232 g/mol. The van der Waals surface area contributed by atoms with Crippen LogP contribution in [0.15, 0.2) is 40.8 Å². The number of hydrogen-bond acceptors (Lipinski definition) is 2. The van der Waals surface area contributed by atoms with E-state index in [0.29, 0.717) is 6.54 Å². The van der Waals surface area contributed by atoms with Gasteiger partial charge in [0.1, 0.15) is 11.5 Å². The molecule has 0 aliphatic carbocycles. The van der Waals surface area contributed by atoms with E-state index in [1.54, 1.807) is 0 Å². The molecule has 17 heavy (non-hydrogen) atoms. The topological polar surface area (TPSA) is 33.9 Å². The van der Waals surface area contributed by atoms with Crippen LogP contribution < -0.4 is 0 Å². The summed E-state index contributed by atoms with van der Waals surface area (Å²) in [7, 11) is 0. The van der Waals surface area contributed by atoms with Crippen molar-refractivity contribution < 1.29 is 4.42 Å². The highest BCUT2D eigenvalue weighted by Crippen LogP contribution is 2.16. The summed E-state index contributed by atoms with van der Waals surface area (Å²) < 4.78 is 8.35. The fourth-order valence-corrected chi connectivity index (χ4v) is 2.26. The molecule has 0 aliphatic heterocycles. The summed E-state index contributed by atoms with van der Waals surface area (Å²) >= 11 is 5.32. The number of H-pyrrole nitrogens is 1. The standard InChI is InChI=1S/C13H12N2OS/c1-9-6-7-10(16-9)8-15-12-5-3-2-4-11(12)14-13(15)17/h2-7H,8H2,1H3,(H,14,17). The van der Waals surface area contributed by atoms with E-state index in [4.69, 9.17) is 16.6 Å². The van der Waals surface area contributed by atoms with Gasteiger partial charge in [0, 0.05) is 0 Å². The number of furan rings is 1. The largest absolute Gasteiger partial charge is 0.464 e. The molecule has 1 N–H and O–H groups in total. The number of para-hydroxylation sites is 2. The first-order chi connectivity index (χ1) is 8.24. The van der Waals surface area contributed by atoms with Gasteiger partial charge in [-0.3, -0.25) is 0 Å². The highest BCUT2D eigenvalue weighted by atomic mass is 32.1. The first-order valence-corrected chi connectivity index (χ1v) is 5.88. The molecule has 0 saturated heterocycles. The minimum absolute atomic E-state index is 0.663. The lowest BCUT2D eigenvalue weighted by Crippen LogP contribution is -1.98. The zero-order valence-corrected chi connectivity index (χ0v) is 10.3. The highest BCUT2D eigenvalue weighted by Gasteiger charge is 2.06. The van der Waals surface area contributed by atoms with Crippen molar-refractivity contribution in [1.82, 2.24) is 9.55 Å². The summed E-state index contributed by atoms with van der Waals surface area (Å²) in [6.07, 6.45) is 0. The van der Waals surface area contributed by atoms with Gasteiger partial charge in [-0.15, -0.1) is 0 Å². The second-order valence-electron chi connectivity index (χ2n) is 4.05. The van der Waals surface area contributed by atoms with Gasteiger partial charge in [0.05, 0.1) is 17.6 Å². The summed E-state index contributed by atoms with van der Waals surface area (Å²) in [4.78, 5) is 3.19. The Hall–Kier alpha value is -1.81. The van der Waals surface area contributed by atoms with E-state index < -0.39 is 0 Å². The average molecular weight is 244 g/mol. The molecule has 0 radical (unpaired) electrons. The van der Waals surface area contributed by atoms with E-state index in [1.807, 2.05) is 41.8 Å². The molecule has 3 rings (SSSR count). The van der Waals surface area contributed by atoms with Crippen molar-refractivity contribution in [3.63, 3.8) is 0 Å². The van der Waals surface area contributed by atoms with Gasteiger partial charge in [0.2, 0.25) is 0 Å². The van der Waals surface area contributed by atoms with Crippen molar-refractivity contribution in [2.45, 2.75) is 13.5 Å². The maximum absolute atomic E-state index is 5.58. The minimum atomic E-state index is 0.663. The van der Waals surface area contributed by atoms with Crippen molar-refractivity contribution in [2.75, 3.05) is 0 Å². The molecule has 4 heteroatoms. The molecule has 3 nitrogen and oxygen atoms in total.